The summed E-state index contributed by atoms with van der Waals surface area (Å²) in [5, 5.41) is 9.17. The normalized spacial score (nSPS) is 14.9. The van der Waals surface area contributed by atoms with Crippen molar-refractivity contribution in [2.45, 2.75) is 24.0 Å². The fourth-order valence-corrected chi connectivity index (χ4v) is 2.33. The van der Waals surface area contributed by atoms with Gasteiger partial charge in [0.15, 0.2) is 0 Å². The summed E-state index contributed by atoms with van der Waals surface area (Å²) in [7, 11) is -3.72. The molecule has 1 aromatic rings. The van der Waals surface area contributed by atoms with Crippen molar-refractivity contribution in [3.05, 3.63) is 29.8 Å². The molecule has 0 heterocycles. The molecule has 0 aromatic heterocycles. The molecule has 0 saturated carbocycles. The maximum atomic E-state index is 11.9. The van der Waals surface area contributed by atoms with Crippen LogP contribution in [-0.2, 0) is 10.0 Å². The predicted molar refractivity (Wildman–Crippen MR) is 69.8 cm³/mol. The van der Waals surface area contributed by atoms with Gasteiger partial charge in [-0.1, -0.05) is 0 Å². The molecule has 1 rings (SSSR count). The van der Waals surface area contributed by atoms with Crippen molar-refractivity contribution in [2.75, 3.05) is 6.54 Å². The summed E-state index contributed by atoms with van der Waals surface area (Å²) in [5.41, 5.74) is 10.8. The molecule has 19 heavy (non-hydrogen) atoms. The van der Waals surface area contributed by atoms with Crippen LogP contribution in [0.5, 0.6) is 0 Å². The predicted octanol–water partition coefficient (Wildman–Crippen LogP) is -1.23. The summed E-state index contributed by atoms with van der Waals surface area (Å²) in [5.74, 6) is -0.631. The highest BCUT2D eigenvalue weighted by atomic mass is 32.2. The fraction of sp³-hybridized carbons (Fsp3) is 0.364. The Bertz CT molecular complexity index is 540. The van der Waals surface area contributed by atoms with E-state index in [-0.39, 0.29) is 17.0 Å². The van der Waals surface area contributed by atoms with Crippen molar-refractivity contribution in [3.8, 4) is 0 Å². The molecule has 2 unspecified atom stereocenters. The summed E-state index contributed by atoms with van der Waals surface area (Å²) in [4.78, 5) is 10.9. The average molecular weight is 287 g/mol. The molecular formula is C11H17N3O4S. The molecule has 0 spiro atoms. The molecule has 7 nitrogen and oxygen atoms in total. The highest BCUT2D eigenvalue weighted by Gasteiger charge is 2.17. The average Bonchev–Trinajstić information content (AvgIpc) is 2.36. The van der Waals surface area contributed by atoms with E-state index in [4.69, 9.17) is 11.5 Å². The molecule has 2 atom stereocenters. The lowest BCUT2D eigenvalue weighted by molar-refractivity contribution is 0.1000. The third-order valence-electron chi connectivity index (χ3n) is 2.58. The number of sulfonamides is 1. The Morgan fingerprint density at radius 2 is 1.89 bits per heavy atom. The zero-order valence-corrected chi connectivity index (χ0v) is 11.2. The van der Waals surface area contributed by atoms with Crippen molar-refractivity contribution >= 4 is 15.9 Å². The zero-order valence-electron chi connectivity index (χ0n) is 10.4. The summed E-state index contributed by atoms with van der Waals surface area (Å²) in [6, 6.07) is 4.50. The summed E-state index contributed by atoms with van der Waals surface area (Å²) in [6.45, 7) is 1.39. The van der Waals surface area contributed by atoms with Crippen LogP contribution < -0.4 is 16.2 Å². The van der Waals surface area contributed by atoms with E-state index < -0.39 is 28.1 Å². The molecule has 8 heteroatoms. The number of aliphatic hydroxyl groups excluding tert-OH is 1. The van der Waals surface area contributed by atoms with Crippen LogP contribution >= 0.6 is 0 Å². The summed E-state index contributed by atoms with van der Waals surface area (Å²) >= 11 is 0. The highest BCUT2D eigenvalue weighted by molar-refractivity contribution is 7.89. The van der Waals surface area contributed by atoms with Crippen LogP contribution in [0.15, 0.2) is 29.2 Å². The molecule has 0 aliphatic heterocycles. The molecule has 0 fully saturated rings. The number of nitrogens with one attached hydrogen (secondary N) is 1. The largest absolute Gasteiger partial charge is 0.392 e. The number of primary amides is 1. The standard InChI is InChI=1S/C11H17N3O4S/c1-7(15)10(12)6-14-19(17,18)9-4-2-8(3-5-9)11(13)16/h2-5,7,10,14-15H,6,12H2,1H3,(H2,13,16). The van der Waals surface area contributed by atoms with Crippen LogP contribution in [0.4, 0.5) is 0 Å². The Kier molecular flexibility index (Phi) is 5.01. The van der Waals surface area contributed by atoms with Crippen LogP contribution in [0.1, 0.15) is 17.3 Å². The van der Waals surface area contributed by atoms with E-state index in [1.807, 2.05) is 0 Å². The zero-order chi connectivity index (χ0) is 14.6. The van der Waals surface area contributed by atoms with Crippen LogP contribution in [0, 0.1) is 0 Å². The van der Waals surface area contributed by atoms with Gasteiger partial charge < -0.3 is 16.6 Å². The second kappa shape index (κ2) is 6.11. The number of benzene rings is 1. The molecule has 0 saturated heterocycles. The minimum absolute atomic E-state index is 0.00436. The number of aliphatic hydroxyl groups is 1. The monoisotopic (exact) mass is 287 g/mol. The second-order valence-electron chi connectivity index (χ2n) is 4.14. The second-order valence-corrected chi connectivity index (χ2v) is 5.91. The molecule has 1 aromatic carbocycles. The van der Waals surface area contributed by atoms with Crippen LogP contribution in [0.25, 0.3) is 0 Å². The topological polar surface area (TPSA) is 136 Å². The smallest absolute Gasteiger partial charge is 0.248 e. The molecule has 0 bridgehead atoms. The number of carbonyl (C=O) groups excluding carboxylic acids is 1. The van der Waals surface area contributed by atoms with Crippen molar-refractivity contribution < 1.29 is 18.3 Å². The molecular weight excluding hydrogens is 270 g/mol. The maximum Gasteiger partial charge on any atom is 0.248 e. The van der Waals surface area contributed by atoms with Crippen molar-refractivity contribution in [2.24, 2.45) is 11.5 Å². The van der Waals surface area contributed by atoms with E-state index in [0.29, 0.717) is 0 Å². The minimum atomic E-state index is -3.72. The van der Waals surface area contributed by atoms with E-state index in [1.165, 1.54) is 31.2 Å². The molecule has 6 N–H and O–H groups in total. The lowest BCUT2D eigenvalue weighted by Gasteiger charge is -2.15. The molecule has 1 amide bonds. The number of amides is 1. The number of nitrogens with two attached hydrogens (primary N) is 2. The van der Waals surface area contributed by atoms with Gasteiger partial charge in [-0.05, 0) is 31.2 Å². The Hall–Kier alpha value is -1.48. The van der Waals surface area contributed by atoms with Crippen LogP contribution in [0.3, 0.4) is 0 Å². The van der Waals surface area contributed by atoms with Gasteiger partial charge in [0, 0.05) is 18.2 Å². The molecule has 0 radical (unpaired) electrons. The quantitative estimate of drug-likeness (QED) is 0.519. The lowest BCUT2D eigenvalue weighted by Crippen LogP contribution is -2.43. The van der Waals surface area contributed by atoms with E-state index >= 15 is 0 Å². The third kappa shape index (κ3) is 4.28. The first kappa shape index (κ1) is 15.6. The van der Waals surface area contributed by atoms with Gasteiger partial charge >= 0.3 is 0 Å². The van der Waals surface area contributed by atoms with Gasteiger partial charge in [-0.2, -0.15) is 0 Å². The SMILES string of the molecule is CC(O)C(N)CNS(=O)(=O)c1ccc(C(N)=O)cc1. The van der Waals surface area contributed by atoms with Crippen molar-refractivity contribution in [3.63, 3.8) is 0 Å². The Labute approximate surface area is 111 Å². The van der Waals surface area contributed by atoms with Gasteiger partial charge in [-0.3, -0.25) is 4.79 Å². The van der Waals surface area contributed by atoms with Gasteiger partial charge in [0.1, 0.15) is 0 Å². The first-order valence-corrected chi connectivity index (χ1v) is 7.05. The Morgan fingerprint density at radius 3 is 2.32 bits per heavy atom. The number of hydrogen-bond donors (Lipinski definition) is 4. The third-order valence-corrected chi connectivity index (χ3v) is 4.02. The van der Waals surface area contributed by atoms with Crippen molar-refractivity contribution in [1.82, 2.24) is 4.72 Å². The first-order valence-electron chi connectivity index (χ1n) is 5.57. The van der Waals surface area contributed by atoms with E-state index in [9.17, 15) is 18.3 Å². The molecule has 0 aliphatic rings. The van der Waals surface area contributed by atoms with Gasteiger partial charge in [0.05, 0.1) is 11.0 Å². The molecule has 0 aliphatic carbocycles. The maximum absolute atomic E-state index is 11.9. The summed E-state index contributed by atoms with van der Waals surface area (Å²) in [6.07, 6.45) is -0.820. The summed E-state index contributed by atoms with van der Waals surface area (Å²) < 4.78 is 26.0. The Morgan fingerprint density at radius 1 is 1.37 bits per heavy atom. The van der Waals surface area contributed by atoms with Gasteiger partial charge in [0.25, 0.3) is 0 Å². The van der Waals surface area contributed by atoms with Crippen molar-refractivity contribution in [1.29, 1.82) is 0 Å². The van der Waals surface area contributed by atoms with Gasteiger partial charge in [-0.15, -0.1) is 0 Å². The Balaban J connectivity index is 2.80. The van der Waals surface area contributed by atoms with Gasteiger partial charge in [-0.25, -0.2) is 13.1 Å². The molecule has 106 valence electrons. The number of hydrogen-bond acceptors (Lipinski definition) is 5. The van der Waals surface area contributed by atoms with Gasteiger partial charge in [0.2, 0.25) is 15.9 Å². The fourth-order valence-electron chi connectivity index (χ4n) is 1.26. The van der Waals surface area contributed by atoms with E-state index in [0.717, 1.165) is 0 Å². The number of rotatable bonds is 6. The lowest BCUT2D eigenvalue weighted by atomic mass is 10.2. The first-order chi connectivity index (χ1) is 8.74. The highest BCUT2D eigenvalue weighted by Crippen LogP contribution is 2.10. The minimum Gasteiger partial charge on any atom is -0.392 e. The number of carbonyl (C=O) groups is 1. The van der Waals surface area contributed by atoms with Crippen LogP contribution in [0.2, 0.25) is 0 Å². The van der Waals surface area contributed by atoms with Crippen LogP contribution in [-0.4, -0.2) is 38.1 Å². The van der Waals surface area contributed by atoms with E-state index in [1.54, 1.807) is 0 Å². The van der Waals surface area contributed by atoms with E-state index in [2.05, 4.69) is 4.72 Å².